The van der Waals surface area contributed by atoms with E-state index in [1.165, 1.54) is 18.2 Å². The van der Waals surface area contributed by atoms with Crippen LogP contribution in [0.15, 0.2) is 30.9 Å². The van der Waals surface area contributed by atoms with Crippen LogP contribution in [0.25, 0.3) is 0 Å². The summed E-state index contributed by atoms with van der Waals surface area (Å²) in [7, 11) is 0. The lowest BCUT2D eigenvalue weighted by atomic mass is 9.87. The number of aliphatic hydroxyl groups is 1. The van der Waals surface area contributed by atoms with Gasteiger partial charge >= 0.3 is 6.09 Å². The smallest absolute Gasteiger partial charge is 0.411 e. The third-order valence-electron chi connectivity index (χ3n) is 3.37. The number of nitrogens with one attached hydrogen (secondary N) is 1. The summed E-state index contributed by atoms with van der Waals surface area (Å²) in [6, 6.07) is 4.28. The van der Waals surface area contributed by atoms with E-state index in [0.717, 1.165) is 11.5 Å². The van der Waals surface area contributed by atoms with Crippen molar-refractivity contribution in [1.29, 1.82) is 0 Å². The van der Waals surface area contributed by atoms with Gasteiger partial charge in [-0.3, -0.25) is 5.32 Å². The highest BCUT2D eigenvalue weighted by atomic mass is 32.2. The normalized spacial score (nSPS) is 17.0. The second-order valence-electron chi connectivity index (χ2n) is 4.85. The van der Waals surface area contributed by atoms with Gasteiger partial charge in [0.15, 0.2) is 0 Å². The second kappa shape index (κ2) is 6.95. The Bertz CT molecular complexity index is 530. The molecular formula is C15H18FNO3S. The molecular weight excluding hydrogens is 293 g/mol. The molecule has 0 saturated carbocycles. The molecule has 6 heteroatoms. The number of anilines is 1. The molecule has 0 bridgehead atoms. The molecule has 1 heterocycles. The largest absolute Gasteiger partial charge is 0.445 e. The first-order chi connectivity index (χ1) is 10.0. The summed E-state index contributed by atoms with van der Waals surface area (Å²) in [5, 5.41) is 13.0. The number of ether oxygens (including phenoxy) is 1. The van der Waals surface area contributed by atoms with Crippen molar-refractivity contribution >= 4 is 23.5 Å². The molecule has 1 amide bonds. The van der Waals surface area contributed by atoms with Gasteiger partial charge in [-0.25, -0.2) is 9.18 Å². The lowest BCUT2D eigenvalue weighted by molar-refractivity contribution is 0.0246. The SMILES string of the molecule is C=CCOC(=O)Nc1ccc(C2(O)CCSCC2)c(F)c1. The van der Waals surface area contributed by atoms with Gasteiger partial charge in [0, 0.05) is 11.3 Å². The molecule has 114 valence electrons. The Labute approximate surface area is 127 Å². The molecule has 0 spiro atoms. The van der Waals surface area contributed by atoms with Crippen molar-refractivity contribution in [3.05, 3.63) is 42.2 Å². The van der Waals surface area contributed by atoms with Crippen LogP contribution in [0, 0.1) is 5.82 Å². The molecule has 1 aliphatic heterocycles. The fraction of sp³-hybridized carbons (Fsp3) is 0.400. The predicted molar refractivity (Wildman–Crippen MR) is 82.0 cm³/mol. The summed E-state index contributed by atoms with van der Waals surface area (Å²) < 4.78 is 19.0. The van der Waals surface area contributed by atoms with Crippen LogP contribution in [-0.4, -0.2) is 29.3 Å². The average molecular weight is 311 g/mol. The van der Waals surface area contributed by atoms with E-state index >= 15 is 0 Å². The fourth-order valence-corrected chi connectivity index (χ4v) is 3.41. The molecule has 0 unspecified atom stereocenters. The van der Waals surface area contributed by atoms with Gasteiger partial charge in [0.2, 0.25) is 0 Å². The first-order valence-electron chi connectivity index (χ1n) is 6.70. The first-order valence-corrected chi connectivity index (χ1v) is 7.85. The van der Waals surface area contributed by atoms with E-state index in [1.54, 1.807) is 17.8 Å². The van der Waals surface area contributed by atoms with Crippen molar-refractivity contribution < 1.29 is 19.0 Å². The van der Waals surface area contributed by atoms with E-state index in [0.29, 0.717) is 18.5 Å². The van der Waals surface area contributed by atoms with Gasteiger partial charge in [0.05, 0.1) is 5.60 Å². The van der Waals surface area contributed by atoms with Crippen molar-refractivity contribution in [1.82, 2.24) is 0 Å². The number of hydrogen-bond donors (Lipinski definition) is 2. The molecule has 2 rings (SSSR count). The summed E-state index contributed by atoms with van der Waals surface area (Å²) in [6.45, 7) is 3.52. The zero-order valence-electron chi connectivity index (χ0n) is 11.6. The van der Waals surface area contributed by atoms with Gasteiger partial charge in [-0.05, 0) is 36.5 Å². The van der Waals surface area contributed by atoms with Crippen LogP contribution in [0.5, 0.6) is 0 Å². The first kappa shape index (κ1) is 15.9. The summed E-state index contributed by atoms with van der Waals surface area (Å²) >= 11 is 1.75. The van der Waals surface area contributed by atoms with Crippen LogP contribution in [0.3, 0.4) is 0 Å². The van der Waals surface area contributed by atoms with E-state index in [1.807, 2.05) is 0 Å². The van der Waals surface area contributed by atoms with Crippen molar-refractivity contribution in [2.75, 3.05) is 23.4 Å². The van der Waals surface area contributed by atoms with Crippen LogP contribution in [0.1, 0.15) is 18.4 Å². The van der Waals surface area contributed by atoms with Gasteiger partial charge in [-0.2, -0.15) is 11.8 Å². The molecule has 21 heavy (non-hydrogen) atoms. The number of carbonyl (C=O) groups excluding carboxylic acids is 1. The number of carbonyl (C=O) groups is 1. The van der Waals surface area contributed by atoms with E-state index < -0.39 is 17.5 Å². The monoisotopic (exact) mass is 311 g/mol. The lowest BCUT2D eigenvalue weighted by Gasteiger charge is -2.32. The number of rotatable bonds is 4. The maximum Gasteiger partial charge on any atom is 0.411 e. The maximum absolute atomic E-state index is 14.2. The Morgan fingerprint density at radius 2 is 2.24 bits per heavy atom. The molecule has 2 N–H and O–H groups in total. The summed E-state index contributed by atoms with van der Waals surface area (Å²) in [5.41, 5.74) is -0.538. The Morgan fingerprint density at radius 1 is 1.52 bits per heavy atom. The zero-order valence-corrected chi connectivity index (χ0v) is 12.4. The van der Waals surface area contributed by atoms with Gasteiger partial charge in [0.1, 0.15) is 12.4 Å². The zero-order chi connectivity index (χ0) is 15.3. The number of thioether (sulfide) groups is 1. The number of amides is 1. The van der Waals surface area contributed by atoms with E-state index in [9.17, 15) is 14.3 Å². The molecule has 4 nitrogen and oxygen atoms in total. The van der Waals surface area contributed by atoms with Crippen LogP contribution < -0.4 is 5.32 Å². The van der Waals surface area contributed by atoms with Crippen LogP contribution in [0.4, 0.5) is 14.9 Å². The minimum atomic E-state index is -1.11. The Morgan fingerprint density at radius 3 is 2.86 bits per heavy atom. The molecule has 1 aromatic rings. The molecule has 0 atom stereocenters. The fourth-order valence-electron chi connectivity index (χ4n) is 2.24. The Balaban J connectivity index is 2.10. The molecule has 0 aliphatic carbocycles. The highest BCUT2D eigenvalue weighted by Gasteiger charge is 2.33. The number of benzene rings is 1. The van der Waals surface area contributed by atoms with Crippen molar-refractivity contribution in [2.24, 2.45) is 0 Å². The van der Waals surface area contributed by atoms with E-state index in [4.69, 9.17) is 4.74 Å². The van der Waals surface area contributed by atoms with Crippen molar-refractivity contribution in [2.45, 2.75) is 18.4 Å². The minimum Gasteiger partial charge on any atom is -0.445 e. The Hall–Kier alpha value is -1.53. The summed E-state index contributed by atoms with van der Waals surface area (Å²) in [4.78, 5) is 11.4. The van der Waals surface area contributed by atoms with Crippen LogP contribution in [-0.2, 0) is 10.3 Å². The van der Waals surface area contributed by atoms with Crippen LogP contribution >= 0.6 is 11.8 Å². The third kappa shape index (κ3) is 3.98. The second-order valence-corrected chi connectivity index (χ2v) is 6.08. The molecule has 0 radical (unpaired) electrons. The minimum absolute atomic E-state index is 0.0871. The molecule has 1 fully saturated rings. The van der Waals surface area contributed by atoms with Gasteiger partial charge in [-0.15, -0.1) is 0 Å². The molecule has 0 aromatic heterocycles. The van der Waals surface area contributed by atoms with Crippen LogP contribution in [0.2, 0.25) is 0 Å². The Kier molecular flexibility index (Phi) is 5.25. The summed E-state index contributed by atoms with van der Waals surface area (Å²) in [5.74, 6) is 1.10. The lowest BCUT2D eigenvalue weighted by Crippen LogP contribution is -2.31. The number of halogens is 1. The van der Waals surface area contributed by atoms with Gasteiger partial charge in [0.25, 0.3) is 0 Å². The summed E-state index contributed by atoms with van der Waals surface area (Å²) in [6.07, 6.45) is 1.83. The highest BCUT2D eigenvalue weighted by molar-refractivity contribution is 7.99. The quantitative estimate of drug-likeness (QED) is 0.838. The van der Waals surface area contributed by atoms with Gasteiger partial charge in [-0.1, -0.05) is 18.7 Å². The van der Waals surface area contributed by atoms with E-state index in [2.05, 4.69) is 11.9 Å². The third-order valence-corrected chi connectivity index (χ3v) is 4.35. The van der Waals surface area contributed by atoms with E-state index in [-0.39, 0.29) is 12.2 Å². The maximum atomic E-state index is 14.2. The van der Waals surface area contributed by atoms with Gasteiger partial charge < -0.3 is 9.84 Å². The molecule has 1 saturated heterocycles. The van der Waals surface area contributed by atoms with Crippen molar-refractivity contribution in [3.8, 4) is 0 Å². The van der Waals surface area contributed by atoms with Crippen molar-refractivity contribution in [3.63, 3.8) is 0 Å². The number of hydrogen-bond acceptors (Lipinski definition) is 4. The predicted octanol–water partition coefficient (Wildman–Crippen LogP) is 3.27. The molecule has 1 aromatic carbocycles. The molecule has 1 aliphatic rings. The average Bonchev–Trinajstić information content (AvgIpc) is 2.45. The standard InChI is InChI=1S/C15H18FNO3S/c1-2-7-20-14(18)17-11-3-4-12(13(16)10-11)15(19)5-8-21-9-6-15/h2-4,10,19H,1,5-9H2,(H,17,18). The highest BCUT2D eigenvalue weighted by Crippen LogP contribution is 2.37. The topological polar surface area (TPSA) is 58.6 Å².